The maximum Gasteiger partial charge on any atom is 0.125 e. The third-order valence-electron chi connectivity index (χ3n) is 1.72. The van der Waals surface area contributed by atoms with Crippen LogP contribution in [0.25, 0.3) is 0 Å². The first-order valence-electron chi connectivity index (χ1n) is 3.63. The first kappa shape index (κ1) is 9.72. The highest BCUT2D eigenvalue weighted by atomic mass is 14.3. The molecule has 0 heterocycles. The van der Waals surface area contributed by atoms with Crippen LogP contribution in [0.15, 0.2) is 11.6 Å². The van der Waals surface area contributed by atoms with Gasteiger partial charge >= 0.3 is 0 Å². The predicted molar refractivity (Wildman–Crippen MR) is 43.3 cm³/mol. The second-order valence-corrected chi connectivity index (χ2v) is 2.91. The van der Waals surface area contributed by atoms with E-state index in [4.69, 9.17) is 10.5 Å². The van der Waals surface area contributed by atoms with Crippen LogP contribution >= 0.6 is 0 Å². The molecule has 11 heavy (non-hydrogen) atoms. The van der Waals surface area contributed by atoms with Crippen LogP contribution in [-0.4, -0.2) is 0 Å². The van der Waals surface area contributed by atoms with Crippen LogP contribution < -0.4 is 0 Å². The molecule has 0 aromatic heterocycles. The van der Waals surface area contributed by atoms with Gasteiger partial charge in [0.05, 0.1) is 0 Å². The number of hydrogen-bond acceptors (Lipinski definition) is 2. The van der Waals surface area contributed by atoms with Crippen molar-refractivity contribution in [1.82, 2.24) is 0 Å². The van der Waals surface area contributed by atoms with Gasteiger partial charge in [0, 0.05) is 0 Å². The van der Waals surface area contributed by atoms with Crippen molar-refractivity contribution < 1.29 is 0 Å². The molecule has 0 aromatic rings. The molecule has 0 aliphatic rings. The molecule has 0 aromatic carbocycles. The minimum absolute atomic E-state index is 0.214. The van der Waals surface area contributed by atoms with E-state index in [-0.39, 0.29) is 5.57 Å². The Labute approximate surface area is 67.8 Å². The quantitative estimate of drug-likeness (QED) is 0.564. The lowest BCUT2D eigenvalue weighted by atomic mass is 9.96. The summed E-state index contributed by atoms with van der Waals surface area (Å²) in [7, 11) is 0. The van der Waals surface area contributed by atoms with Gasteiger partial charge in [0.2, 0.25) is 0 Å². The lowest BCUT2D eigenvalue weighted by Crippen LogP contribution is -2.00. The van der Waals surface area contributed by atoms with Crippen LogP contribution in [0.3, 0.4) is 0 Å². The zero-order chi connectivity index (χ0) is 8.85. The Bertz CT molecular complexity index is 209. The molecular formula is C9H12N2. The second-order valence-electron chi connectivity index (χ2n) is 2.91. The van der Waals surface area contributed by atoms with Gasteiger partial charge in [-0.3, -0.25) is 0 Å². The van der Waals surface area contributed by atoms with Crippen molar-refractivity contribution in [2.45, 2.75) is 20.8 Å². The van der Waals surface area contributed by atoms with Gasteiger partial charge < -0.3 is 0 Å². The summed E-state index contributed by atoms with van der Waals surface area (Å²) in [4.78, 5) is 0. The minimum atomic E-state index is 0.214. The zero-order valence-electron chi connectivity index (χ0n) is 7.13. The molecule has 0 saturated carbocycles. The summed E-state index contributed by atoms with van der Waals surface area (Å²) >= 11 is 0. The highest BCUT2D eigenvalue weighted by molar-refractivity contribution is 5.35. The Morgan fingerprint density at radius 1 is 1.18 bits per heavy atom. The van der Waals surface area contributed by atoms with Crippen LogP contribution in [0.5, 0.6) is 0 Å². The fraction of sp³-hybridized carbons (Fsp3) is 0.556. The number of rotatable bonds is 2. The highest BCUT2D eigenvalue weighted by Crippen LogP contribution is 2.12. The average Bonchev–Trinajstić information content (AvgIpc) is 1.99. The molecule has 58 valence electrons. The third-order valence-corrected chi connectivity index (χ3v) is 1.72. The van der Waals surface area contributed by atoms with Gasteiger partial charge in [0.15, 0.2) is 0 Å². The second kappa shape index (κ2) is 4.52. The van der Waals surface area contributed by atoms with Gasteiger partial charge in [0.25, 0.3) is 0 Å². The van der Waals surface area contributed by atoms with Crippen molar-refractivity contribution in [2.75, 3.05) is 0 Å². The van der Waals surface area contributed by atoms with Crippen molar-refractivity contribution in [3.05, 3.63) is 11.6 Å². The van der Waals surface area contributed by atoms with E-state index in [0.29, 0.717) is 11.8 Å². The van der Waals surface area contributed by atoms with E-state index in [1.165, 1.54) is 0 Å². The van der Waals surface area contributed by atoms with E-state index in [1.54, 1.807) is 6.08 Å². The summed E-state index contributed by atoms with van der Waals surface area (Å²) in [5.74, 6) is 0.774. The molecular weight excluding hydrogens is 136 g/mol. The summed E-state index contributed by atoms with van der Waals surface area (Å²) in [5.41, 5.74) is 0.214. The summed E-state index contributed by atoms with van der Waals surface area (Å²) in [6.45, 7) is 6.13. The predicted octanol–water partition coefficient (Wildman–Crippen LogP) is 2.25. The molecule has 0 radical (unpaired) electrons. The molecule has 2 heteroatoms. The van der Waals surface area contributed by atoms with Crippen molar-refractivity contribution in [1.29, 1.82) is 10.5 Å². The molecule has 0 unspecified atom stereocenters. The van der Waals surface area contributed by atoms with Crippen molar-refractivity contribution in [3.63, 3.8) is 0 Å². The summed E-state index contributed by atoms with van der Waals surface area (Å²) in [6, 6.07) is 3.68. The van der Waals surface area contributed by atoms with E-state index in [9.17, 15) is 0 Å². The first-order valence-corrected chi connectivity index (χ1v) is 3.63. The number of hydrogen-bond donors (Lipinski definition) is 0. The number of nitriles is 2. The van der Waals surface area contributed by atoms with Gasteiger partial charge in [0.1, 0.15) is 17.7 Å². The Morgan fingerprint density at radius 3 is 1.91 bits per heavy atom. The molecule has 0 rings (SSSR count). The van der Waals surface area contributed by atoms with E-state index in [0.717, 1.165) is 0 Å². The SMILES string of the molecule is CC(C)[C@@H](C)C=C(C#N)C#N. The fourth-order valence-corrected chi connectivity index (χ4v) is 0.555. The van der Waals surface area contributed by atoms with E-state index in [2.05, 4.69) is 13.8 Å². The third kappa shape index (κ3) is 3.43. The van der Waals surface area contributed by atoms with Crippen molar-refractivity contribution in [2.24, 2.45) is 11.8 Å². The van der Waals surface area contributed by atoms with Crippen LogP contribution in [0, 0.1) is 34.5 Å². The Hall–Kier alpha value is -1.28. The number of allylic oxidation sites excluding steroid dienone is 2. The topological polar surface area (TPSA) is 47.6 Å². The van der Waals surface area contributed by atoms with Crippen LogP contribution in [0.1, 0.15) is 20.8 Å². The Morgan fingerprint density at radius 2 is 1.64 bits per heavy atom. The van der Waals surface area contributed by atoms with Gasteiger partial charge in [-0.2, -0.15) is 10.5 Å². The molecule has 0 amide bonds. The first-order chi connectivity index (χ1) is 5.11. The molecule has 0 N–H and O–H groups in total. The summed E-state index contributed by atoms with van der Waals surface area (Å²) in [6.07, 6.45) is 1.71. The molecule has 0 aliphatic heterocycles. The Kier molecular flexibility index (Phi) is 4.00. The lowest BCUT2D eigenvalue weighted by Gasteiger charge is -2.08. The highest BCUT2D eigenvalue weighted by Gasteiger charge is 2.04. The van der Waals surface area contributed by atoms with Crippen LogP contribution in [0.4, 0.5) is 0 Å². The minimum Gasteiger partial charge on any atom is -0.192 e. The smallest absolute Gasteiger partial charge is 0.125 e. The monoisotopic (exact) mass is 148 g/mol. The molecule has 2 nitrogen and oxygen atoms in total. The molecule has 1 atom stereocenters. The summed E-state index contributed by atoms with van der Waals surface area (Å²) < 4.78 is 0. The maximum absolute atomic E-state index is 8.42. The largest absolute Gasteiger partial charge is 0.192 e. The standard InChI is InChI=1S/C9H12N2/c1-7(2)8(3)4-9(5-10)6-11/h4,7-8H,1-3H3/t8-/m0/s1. The molecule has 0 saturated heterocycles. The molecule has 0 bridgehead atoms. The van der Waals surface area contributed by atoms with Crippen molar-refractivity contribution in [3.8, 4) is 12.1 Å². The number of nitrogens with zero attached hydrogens (tertiary/aromatic N) is 2. The lowest BCUT2D eigenvalue weighted by molar-refractivity contribution is 0.503. The normalized spacial score (nSPS) is 11.5. The molecule has 0 aliphatic carbocycles. The molecule has 0 fully saturated rings. The Balaban J connectivity index is 4.33. The average molecular weight is 148 g/mol. The maximum atomic E-state index is 8.42. The van der Waals surface area contributed by atoms with E-state index < -0.39 is 0 Å². The van der Waals surface area contributed by atoms with Crippen LogP contribution in [-0.2, 0) is 0 Å². The zero-order valence-corrected chi connectivity index (χ0v) is 7.13. The van der Waals surface area contributed by atoms with Gasteiger partial charge in [-0.1, -0.05) is 26.8 Å². The fourth-order valence-electron chi connectivity index (χ4n) is 0.555. The van der Waals surface area contributed by atoms with Crippen molar-refractivity contribution >= 4 is 0 Å². The molecule has 0 spiro atoms. The van der Waals surface area contributed by atoms with Crippen LogP contribution in [0.2, 0.25) is 0 Å². The summed E-state index contributed by atoms with van der Waals surface area (Å²) in [5, 5.41) is 16.8. The van der Waals surface area contributed by atoms with E-state index >= 15 is 0 Å². The van der Waals surface area contributed by atoms with E-state index in [1.807, 2.05) is 19.1 Å². The van der Waals surface area contributed by atoms with Gasteiger partial charge in [-0.05, 0) is 11.8 Å². The van der Waals surface area contributed by atoms with Gasteiger partial charge in [-0.25, -0.2) is 0 Å². The van der Waals surface area contributed by atoms with Gasteiger partial charge in [-0.15, -0.1) is 0 Å².